The molecule has 0 spiro atoms. The van der Waals surface area contributed by atoms with Gasteiger partial charge in [-0.3, -0.25) is 37.3 Å². The third kappa shape index (κ3) is 58.8. The fraction of sp³-hybridized carbons (Fsp3) is 0.938. The zero-order valence-corrected chi connectivity index (χ0v) is 55.1. The van der Waals surface area contributed by atoms with Gasteiger partial charge in [0.2, 0.25) is 0 Å². The number of unbranched alkanes of at least 4 members (excludes halogenated alkanes) is 36. The number of phosphoric acid groups is 2. The zero-order valence-electron chi connectivity index (χ0n) is 53.3. The van der Waals surface area contributed by atoms with Gasteiger partial charge in [0.25, 0.3) is 0 Å². The second kappa shape index (κ2) is 57.8. The molecule has 3 N–H and O–H groups in total. The van der Waals surface area contributed by atoms with Gasteiger partial charge in [-0.1, -0.05) is 272 Å². The Morgan fingerprint density at radius 1 is 0.325 bits per heavy atom. The van der Waals surface area contributed by atoms with Crippen molar-refractivity contribution in [3.8, 4) is 0 Å². The molecule has 17 nitrogen and oxygen atoms in total. The minimum Gasteiger partial charge on any atom is -0.462 e. The van der Waals surface area contributed by atoms with Crippen molar-refractivity contribution in [3.63, 3.8) is 0 Å². The second-order valence-electron chi connectivity index (χ2n) is 23.6. The molecular weight excluding hydrogens is 1100 g/mol. The molecule has 0 aromatic heterocycles. The van der Waals surface area contributed by atoms with Crippen molar-refractivity contribution in [2.24, 2.45) is 5.92 Å². The quantitative estimate of drug-likeness (QED) is 0.0222. The summed E-state index contributed by atoms with van der Waals surface area (Å²) in [5.74, 6) is -1.37. The maximum absolute atomic E-state index is 13.0. The number of rotatable bonds is 64. The zero-order chi connectivity index (χ0) is 61.3. The lowest BCUT2D eigenvalue weighted by Gasteiger charge is -2.21. The Hall–Kier alpha value is -1.94. The maximum atomic E-state index is 13.0. The molecule has 83 heavy (non-hydrogen) atoms. The largest absolute Gasteiger partial charge is 0.472 e. The Labute approximate surface area is 505 Å². The van der Waals surface area contributed by atoms with Gasteiger partial charge in [0.05, 0.1) is 26.4 Å². The van der Waals surface area contributed by atoms with Crippen molar-refractivity contribution in [2.45, 2.75) is 342 Å². The second-order valence-corrected chi connectivity index (χ2v) is 26.5. The summed E-state index contributed by atoms with van der Waals surface area (Å²) in [6, 6.07) is 0. The summed E-state index contributed by atoms with van der Waals surface area (Å²) in [7, 11) is -9.88. The van der Waals surface area contributed by atoms with Crippen LogP contribution in [-0.4, -0.2) is 96.7 Å². The summed E-state index contributed by atoms with van der Waals surface area (Å²) < 4.78 is 67.9. The highest BCUT2D eigenvalue weighted by Crippen LogP contribution is 2.45. The summed E-state index contributed by atoms with van der Waals surface area (Å²) in [5.41, 5.74) is 0. The monoisotopic (exact) mass is 1230 g/mol. The van der Waals surface area contributed by atoms with E-state index in [0.29, 0.717) is 25.7 Å². The van der Waals surface area contributed by atoms with Crippen LogP contribution in [0.3, 0.4) is 0 Å². The molecule has 5 atom stereocenters. The van der Waals surface area contributed by atoms with E-state index in [9.17, 15) is 43.2 Å². The molecule has 492 valence electrons. The van der Waals surface area contributed by atoms with Crippen LogP contribution in [0.15, 0.2) is 0 Å². The van der Waals surface area contributed by atoms with Gasteiger partial charge in [0, 0.05) is 25.7 Å². The topological polar surface area (TPSA) is 237 Å². The van der Waals surface area contributed by atoms with E-state index < -0.39 is 97.5 Å². The van der Waals surface area contributed by atoms with E-state index in [4.69, 9.17) is 37.0 Å². The van der Waals surface area contributed by atoms with Crippen molar-refractivity contribution in [3.05, 3.63) is 0 Å². The lowest BCUT2D eigenvalue weighted by molar-refractivity contribution is -0.161. The highest BCUT2D eigenvalue weighted by molar-refractivity contribution is 7.47. The van der Waals surface area contributed by atoms with Gasteiger partial charge in [0.15, 0.2) is 12.2 Å². The molecule has 19 heteroatoms. The van der Waals surface area contributed by atoms with Gasteiger partial charge >= 0.3 is 39.5 Å². The van der Waals surface area contributed by atoms with Crippen LogP contribution in [0.2, 0.25) is 0 Å². The number of ether oxygens (including phenoxy) is 4. The number of esters is 4. The molecule has 0 saturated heterocycles. The Balaban J connectivity index is 5.22. The van der Waals surface area contributed by atoms with Gasteiger partial charge in [-0.15, -0.1) is 0 Å². The molecule has 0 aliphatic carbocycles. The predicted octanol–water partition coefficient (Wildman–Crippen LogP) is 17.8. The van der Waals surface area contributed by atoms with E-state index in [1.54, 1.807) is 0 Å². The highest BCUT2D eigenvalue weighted by Gasteiger charge is 2.30. The van der Waals surface area contributed by atoms with Crippen molar-refractivity contribution in [1.82, 2.24) is 0 Å². The van der Waals surface area contributed by atoms with Crippen molar-refractivity contribution >= 4 is 39.5 Å². The van der Waals surface area contributed by atoms with Gasteiger partial charge in [0.1, 0.15) is 19.3 Å². The molecule has 2 unspecified atom stereocenters. The number of aliphatic hydroxyl groups is 1. The minimum atomic E-state index is -4.94. The molecule has 0 fully saturated rings. The van der Waals surface area contributed by atoms with Crippen molar-refractivity contribution in [2.75, 3.05) is 39.6 Å². The van der Waals surface area contributed by atoms with E-state index >= 15 is 0 Å². The number of phosphoric ester groups is 2. The normalized spacial score (nSPS) is 14.2. The van der Waals surface area contributed by atoms with E-state index in [1.807, 2.05) is 0 Å². The lowest BCUT2D eigenvalue weighted by Crippen LogP contribution is -2.30. The first-order valence-corrected chi connectivity index (χ1v) is 36.6. The number of carbonyl (C=O) groups is 4. The fourth-order valence-electron chi connectivity index (χ4n) is 9.58. The van der Waals surface area contributed by atoms with Crippen LogP contribution in [0.1, 0.15) is 324 Å². The summed E-state index contributed by atoms with van der Waals surface area (Å²) in [5, 5.41) is 10.5. The van der Waals surface area contributed by atoms with Gasteiger partial charge < -0.3 is 33.8 Å². The van der Waals surface area contributed by atoms with Crippen LogP contribution in [-0.2, 0) is 65.4 Å². The van der Waals surface area contributed by atoms with Gasteiger partial charge in [-0.2, -0.15) is 0 Å². The molecule has 0 rings (SSSR count). The lowest BCUT2D eigenvalue weighted by atomic mass is 10.0. The maximum Gasteiger partial charge on any atom is 0.472 e. The van der Waals surface area contributed by atoms with Gasteiger partial charge in [-0.05, 0) is 31.6 Å². The van der Waals surface area contributed by atoms with E-state index in [0.717, 1.165) is 95.8 Å². The van der Waals surface area contributed by atoms with Crippen LogP contribution in [0.5, 0.6) is 0 Å². The smallest absolute Gasteiger partial charge is 0.462 e. The van der Waals surface area contributed by atoms with E-state index in [2.05, 4.69) is 34.6 Å². The first kappa shape index (κ1) is 81.1. The SMILES string of the molecule is CCCCCCCCCCCCCC(=O)OC[C@H](COP(=O)(O)OC[C@@H](O)COP(=O)(O)OC[C@@H](COC(=O)CCCCCCCCCCC)OC(=O)CCCCCCCCCCC)OC(=O)CCCCCCCCCCCCCC(C)C. The summed E-state index contributed by atoms with van der Waals surface area (Å²) in [4.78, 5) is 72.1. The molecule has 0 radical (unpaired) electrons. The average Bonchev–Trinajstić information content (AvgIpc) is 3.47. The standard InChI is InChI=1S/C64H124O17P2/c1-6-9-12-15-18-21-23-29-33-38-43-48-62(67)75-54-60(81-64(69)50-45-40-35-30-25-22-24-28-31-36-41-46-57(4)5)56-79-83(72,73)77-52-58(65)51-76-82(70,71)78-55-59(80-63(68)49-44-39-34-27-20-17-14-11-8-3)53-74-61(66)47-42-37-32-26-19-16-13-10-7-2/h57-60,65H,6-56H2,1-5H3,(H,70,71)(H,72,73)/t58-,59+,60+/m0/s1. The molecule has 0 saturated carbocycles. The summed E-state index contributed by atoms with van der Waals surface area (Å²) in [6.07, 6.45) is 41.6. The van der Waals surface area contributed by atoms with Crippen LogP contribution in [0.4, 0.5) is 0 Å². The predicted molar refractivity (Wildman–Crippen MR) is 331 cm³/mol. The Morgan fingerprint density at radius 2 is 0.554 bits per heavy atom. The van der Waals surface area contributed by atoms with Crippen LogP contribution >= 0.6 is 15.6 Å². The van der Waals surface area contributed by atoms with Crippen molar-refractivity contribution < 1.29 is 80.2 Å². The third-order valence-corrected chi connectivity index (χ3v) is 16.7. The first-order chi connectivity index (χ1) is 40.0. The molecule has 0 amide bonds. The van der Waals surface area contributed by atoms with Crippen LogP contribution in [0, 0.1) is 5.92 Å². The Kier molecular flexibility index (Phi) is 56.4. The highest BCUT2D eigenvalue weighted by atomic mass is 31.2. The number of carbonyl (C=O) groups excluding carboxylic acids is 4. The minimum absolute atomic E-state index is 0.106. The van der Waals surface area contributed by atoms with Crippen LogP contribution in [0.25, 0.3) is 0 Å². The Bertz CT molecular complexity index is 1620. The Morgan fingerprint density at radius 3 is 0.819 bits per heavy atom. The molecule has 0 bridgehead atoms. The number of hydrogen-bond donors (Lipinski definition) is 3. The number of hydrogen-bond acceptors (Lipinski definition) is 15. The average molecular weight is 1230 g/mol. The van der Waals surface area contributed by atoms with E-state index in [-0.39, 0.29) is 25.7 Å². The summed E-state index contributed by atoms with van der Waals surface area (Å²) >= 11 is 0. The molecular formula is C64H124O17P2. The number of aliphatic hydroxyl groups excluding tert-OH is 1. The third-order valence-electron chi connectivity index (χ3n) is 14.8. The van der Waals surface area contributed by atoms with E-state index in [1.165, 1.54) is 148 Å². The van der Waals surface area contributed by atoms with Crippen molar-refractivity contribution in [1.29, 1.82) is 0 Å². The first-order valence-electron chi connectivity index (χ1n) is 33.6. The molecule has 0 aliphatic rings. The molecule has 0 heterocycles. The molecule has 0 aliphatic heterocycles. The summed E-state index contributed by atoms with van der Waals surface area (Å²) in [6.45, 7) is 7.16. The van der Waals surface area contributed by atoms with Crippen LogP contribution < -0.4 is 0 Å². The fourth-order valence-corrected chi connectivity index (χ4v) is 11.2. The molecule has 0 aromatic carbocycles. The molecule has 0 aromatic rings. The van der Waals surface area contributed by atoms with Gasteiger partial charge in [-0.25, -0.2) is 9.13 Å².